The van der Waals surface area contributed by atoms with Crippen molar-refractivity contribution < 1.29 is 4.79 Å². The van der Waals surface area contributed by atoms with Gasteiger partial charge in [-0.1, -0.05) is 68.1 Å². The van der Waals surface area contributed by atoms with Gasteiger partial charge in [0.05, 0.1) is 16.7 Å². The minimum absolute atomic E-state index is 0.0402. The summed E-state index contributed by atoms with van der Waals surface area (Å²) in [5.41, 5.74) is 1.90. The molecule has 5 nitrogen and oxygen atoms in total. The van der Waals surface area contributed by atoms with Crippen LogP contribution in [0.1, 0.15) is 25.8 Å². The number of aryl methyl sites for hydroxylation is 1. The maximum absolute atomic E-state index is 12.9. The molecule has 152 valence electrons. The molecule has 3 aromatic rings. The molecule has 0 saturated heterocycles. The Morgan fingerprint density at radius 1 is 1.10 bits per heavy atom. The first kappa shape index (κ1) is 21.1. The van der Waals surface area contributed by atoms with Crippen molar-refractivity contribution >= 4 is 28.6 Å². The van der Waals surface area contributed by atoms with E-state index in [0.29, 0.717) is 35.1 Å². The molecule has 1 aromatic heterocycles. The molecule has 2 aromatic carbocycles. The fourth-order valence-electron chi connectivity index (χ4n) is 3.13. The minimum Gasteiger partial charge on any atom is -0.355 e. The zero-order valence-electron chi connectivity index (χ0n) is 16.9. The van der Waals surface area contributed by atoms with Gasteiger partial charge in [-0.15, -0.1) is 0 Å². The number of fused-ring (bicyclic) bond motifs is 1. The molecule has 0 unspecified atom stereocenters. The summed E-state index contributed by atoms with van der Waals surface area (Å²) < 4.78 is 1.69. The van der Waals surface area contributed by atoms with Crippen molar-refractivity contribution in [2.45, 2.75) is 38.4 Å². The van der Waals surface area contributed by atoms with E-state index in [1.54, 1.807) is 10.6 Å². The first-order chi connectivity index (χ1) is 14.0. The minimum atomic E-state index is -0.0462. The molecule has 1 heterocycles. The number of amides is 1. The number of nitrogens with one attached hydrogen (secondary N) is 1. The summed E-state index contributed by atoms with van der Waals surface area (Å²) in [6.07, 6.45) is 1.83. The number of nitrogens with zero attached hydrogens (tertiary/aromatic N) is 2. The van der Waals surface area contributed by atoms with Crippen molar-refractivity contribution in [1.29, 1.82) is 0 Å². The third-order valence-electron chi connectivity index (χ3n) is 4.51. The van der Waals surface area contributed by atoms with Gasteiger partial charge in [0.25, 0.3) is 5.56 Å². The molecule has 1 amide bonds. The molecule has 0 aliphatic carbocycles. The van der Waals surface area contributed by atoms with Crippen LogP contribution in [0.5, 0.6) is 0 Å². The van der Waals surface area contributed by atoms with E-state index in [0.717, 1.165) is 12.8 Å². The molecule has 0 atom stereocenters. The number of benzene rings is 2. The average Bonchev–Trinajstić information content (AvgIpc) is 2.72. The number of hydrogen-bond acceptors (Lipinski definition) is 4. The Morgan fingerprint density at radius 3 is 2.59 bits per heavy atom. The molecule has 0 aliphatic heterocycles. The van der Waals surface area contributed by atoms with Crippen LogP contribution in [-0.2, 0) is 17.8 Å². The molecule has 0 aliphatic rings. The van der Waals surface area contributed by atoms with Gasteiger partial charge in [0.1, 0.15) is 0 Å². The second kappa shape index (κ2) is 10.3. The second-order valence-corrected chi connectivity index (χ2v) is 8.39. The third-order valence-corrected chi connectivity index (χ3v) is 5.49. The highest BCUT2D eigenvalue weighted by atomic mass is 32.2. The lowest BCUT2D eigenvalue weighted by atomic mass is 10.1. The van der Waals surface area contributed by atoms with Gasteiger partial charge in [-0.25, -0.2) is 4.98 Å². The first-order valence-electron chi connectivity index (χ1n) is 9.97. The Morgan fingerprint density at radius 2 is 1.83 bits per heavy atom. The smallest absolute Gasteiger partial charge is 0.262 e. The lowest BCUT2D eigenvalue weighted by Crippen LogP contribution is -2.28. The van der Waals surface area contributed by atoms with E-state index < -0.39 is 0 Å². The fraction of sp³-hybridized carbons (Fsp3) is 0.348. The Kier molecular flexibility index (Phi) is 7.47. The zero-order valence-corrected chi connectivity index (χ0v) is 17.7. The van der Waals surface area contributed by atoms with Crippen LogP contribution in [-0.4, -0.2) is 27.8 Å². The molecular formula is C23H27N3O2S. The summed E-state index contributed by atoms with van der Waals surface area (Å²) in [7, 11) is 0. The van der Waals surface area contributed by atoms with E-state index in [1.165, 1.54) is 17.3 Å². The molecule has 0 radical (unpaired) electrons. The van der Waals surface area contributed by atoms with E-state index in [-0.39, 0.29) is 17.2 Å². The summed E-state index contributed by atoms with van der Waals surface area (Å²) in [5, 5.41) is 4.17. The summed E-state index contributed by atoms with van der Waals surface area (Å²) >= 11 is 1.32. The molecule has 0 fully saturated rings. The molecule has 0 spiro atoms. The molecule has 29 heavy (non-hydrogen) atoms. The zero-order chi connectivity index (χ0) is 20.6. The Bertz CT molecular complexity index is 1020. The van der Waals surface area contributed by atoms with Crippen LogP contribution in [0.2, 0.25) is 0 Å². The molecule has 6 heteroatoms. The maximum atomic E-state index is 12.9. The van der Waals surface area contributed by atoms with Gasteiger partial charge in [0.2, 0.25) is 5.91 Å². The summed E-state index contributed by atoms with van der Waals surface area (Å²) in [6, 6.07) is 17.6. The van der Waals surface area contributed by atoms with Crippen LogP contribution >= 0.6 is 11.8 Å². The van der Waals surface area contributed by atoms with E-state index >= 15 is 0 Å². The van der Waals surface area contributed by atoms with Crippen molar-refractivity contribution in [1.82, 2.24) is 14.9 Å². The van der Waals surface area contributed by atoms with Gasteiger partial charge in [0.15, 0.2) is 5.16 Å². The van der Waals surface area contributed by atoms with Gasteiger partial charge in [-0.3, -0.25) is 14.2 Å². The lowest BCUT2D eigenvalue weighted by molar-refractivity contribution is -0.118. The van der Waals surface area contributed by atoms with Crippen molar-refractivity contribution in [3.63, 3.8) is 0 Å². The number of hydrogen-bond donors (Lipinski definition) is 1. The maximum Gasteiger partial charge on any atom is 0.262 e. The summed E-state index contributed by atoms with van der Waals surface area (Å²) in [6.45, 7) is 5.35. The van der Waals surface area contributed by atoms with Gasteiger partial charge in [-0.05, 0) is 36.5 Å². The predicted molar refractivity (Wildman–Crippen MR) is 119 cm³/mol. The van der Waals surface area contributed by atoms with Crippen LogP contribution < -0.4 is 10.9 Å². The third kappa shape index (κ3) is 5.94. The summed E-state index contributed by atoms with van der Waals surface area (Å²) in [4.78, 5) is 29.8. The van der Waals surface area contributed by atoms with E-state index in [2.05, 4.69) is 36.3 Å². The number of aromatic nitrogens is 2. The van der Waals surface area contributed by atoms with Crippen LogP contribution in [0.4, 0.5) is 0 Å². The monoisotopic (exact) mass is 409 g/mol. The van der Waals surface area contributed by atoms with Gasteiger partial charge in [-0.2, -0.15) is 0 Å². The molecule has 0 bridgehead atoms. The normalized spacial score (nSPS) is 11.1. The fourth-order valence-corrected chi connectivity index (χ4v) is 3.97. The topological polar surface area (TPSA) is 64.0 Å². The predicted octanol–water partition coefficient (Wildman–Crippen LogP) is 3.89. The number of carbonyl (C=O) groups is 1. The van der Waals surface area contributed by atoms with E-state index in [9.17, 15) is 9.59 Å². The molecular weight excluding hydrogens is 382 g/mol. The van der Waals surface area contributed by atoms with Crippen molar-refractivity contribution in [2.24, 2.45) is 5.92 Å². The SMILES string of the molecule is CC(C)Cn1c(SCC(=O)NCCCc2ccccc2)nc2ccccc2c1=O. The van der Waals surface area contributed by atoms with Gasteiger partial charge < -0.3 is 5.32 Å². The average molecular weight is 410 g/mol. The molecule has 0 saturated carbocycles. The standard InChI is InChI=1S/C23H27N3O2S/c1-17(2)15-26-22(28)19-12-6-7-13-20(19)25-23(26)29-16-21(27)24-14-8-11-18-9-4-3-5-10-18/h3-7,9-10,12-13,17H,8,11,14-16H2,1-2H3,(H,24,27). The van der Waals surface area contributed by atoms with E-state index in [1.807, 2.05) is 36.4 Å². The number of thioether (sulfide) groups is 1. The molecule has 1 N–H and O–H groups in total. The first-order valence-corrected chi connectivity index (χ1v) is 11.0. The highest BCUT2D eigenvalue weighted by Crippen LogP contribution is 2.18. The van der Waals surface area contributed by atoms with Crippen molar-refractivity contribution in [3.8, 4) is 0 Å². The highest BCUT2D eigenvalue weighted by Gasteiger charge is 2.14. The van der Waals surface area contributed by atoms with Crippen LogP contribution in [0.3, 0.4) is 0 Å². The van der Waals surface area contributed by atoms with Crippen LogP contribution in [0.15, 0.2) is 64.5 Å². The lowest BCUT2D eigenvalue weighted by Gasteiger charge is -2.14. The molecule has 3 rings (SSSR count). The van der Waals surface area contributed by atoms with Crippen LogP contribution in [0.25, 0.3) is 10.9 Å². The van der Waals surface area contributed by atoms with Gasteiger partial charge >= 0.3 is 0 Å². The Labute approximate surface area is 175 Å². The largest absolute Gasteiger partial charge is 0.355 e. The van der Waals surface area contributed by atoms with Crippen LogP contribution in [0, 0.1) is 5.92 Å². The Balaban J connectivity index is 1.60. The van der Waals surface area contributed by atoms with Gasteiger partial charge in [0, 0.05) is 13.1 Å². The Hall–Kier alpha value is -2.60. The number of carbonyl (C=O) groups excluding carboxylic acids is 1. The van der Waals surface area contributed by atoms with Crippen molar-refractivity contribution in [2.75, 3.05) is 12.3 Å². The second-order valence-electron chi connectivity index (χ2n) is 7.45. The number of para-hydroxylation sites is 1. The highest BCUT2D eigenvalue weighted by molar-refractivity contribution is 7.99. The van der Waals surface area contributed by atoms with E-state index in [4.69, 9.17) is 0 Å². The van der Waals surface area contributed by atoms with Crippen molar-refractivity contribution in [3.05, 3.63) is 70.5 Å². The summed E-state index contributed by atoms with van der Waals surface area (Å²) in [5.74, 6) is 0.511. The quantitative estimate of drug-likeness (QED) is 0.331. The number of rotatable bonds is 9.